The fraction of sp³-hybridized carbons (Fsp3) is 0.375. The predicted octanol–water partition coefficient (Wildman–Crippen LogP) is 3.55. The van der Waals surface area contributed by atoms with Crippen LogP contribution in [-0.4, -0.2) is 42.6 Å². The van der Waals surface area contributed by atoms with Gasteiger partial charge in [0.2, 0.25) is 0 Å². The Morgan fingerprint density at radius 2 is 1.85 bits per heavy atom. The van der Waals surface area contributed by atoms with Crippen LogP contribution in [0.5, 0.6) is 11.8 Å². The molecule has 1 atom stereocenters. The van der Waals surface area contributed by atoms with Crippen LogP contribution >= 0.6 is 23.2 Å². The van der Waals surface area contributed by atoms with Crippen LogP contribution in [0, 0.1) is 0 Å². The van der Waals surface area contributed by atoms with Gasteiger partial charge in [-0.15, -0.1) is 10.2 Å². The molecule has 1 aromatic heterocycles. The number of methoxy groups -OCH3 is 2. The molecule has 0 fully saturated rings. The van der Waals surface area contributed by atoms with E-state index in [9.17, 15) is 4.79 Å². The van der Waals surface area contributed by atoms with Crippen molar-refractivity contribution in [3.63, 3.8) is 0 Å². The third-order valence-electron chi connectivity index (χ3n) is 3.75. The summed E-state index contributed by atoms with van der Waals surface area (Å²) < 4.78 is 15.6. The summed E-state index contributed by atoms with van der Waals surface area (Å²) in [5, 5.41) is 8.12. The lowest BCUT2D eigenvalue weighted by atomic mass is 9.98. The van der Waals surface area contributed by atoms with Gasteiger partial charge in [-0.1, -0.05) is 23.2 Å². The van der Waals surface area contributed by atoms with Gasteiger partial charge in [-0.3, -0.25) is 0 Å². The van der Waals surface area contributed by atoms with E-state index in [1.54, 1.807) is 13.8 Å². The summed E-state index contributed by atoms with van der Waals surface area (Å²) in [5.74, 6) is -0.236. The van der Waals surface area contributed by atoms with E-state index in [2.05, 4.69) is 25.2 Å². The summed E-state index contributed by atoms with van der Waals surface area (Å²) in [6.45, 7) is 3.38. The molecule has 1 unspecified atom stereocenters. The molecule has 0 spiro atoms. The van der Waals surface area contributed by atoms with Crippen molar-refractivity contribution >= 4 is 46.0 Å². The van der Waals surface area contributed by atoms with E-state index < -0.39 is 11.6 Å². The van der Waals surface area contributed by atoms with Gasteiger partial charge in [-0.05, 0) is 19.9 Å². The Morgan fingerprint density at radius 1 is 1.19 bits per heavy atom. The van der Waals surface area contributed by atoms with Crippen LogP contribution < -0.4 is 9.47 Å². The van der Waals surface area contributed by atoms with Gasteiger partial charge >= 0.3 is 5.97 Å². The van der Waals surface area contributed by atoms with Crippen molar-refractivity contribution in [3.8, 4) is 11.8 Å². The molecule has 142 valence electrons. The van der Waals surface area contributed by atoms with Crippen molar-refractivity contribution in [1.29, 1.82) is 0 Å². The monoisotopic (exact) mass is 411 g/mol. The van der Waals surface area contributed by atoms with E-state index in [-0.39, 0.29) is 45.3 Å². The topological polar surface area (TPSA) is 108 Å². The first-order valence-electron chi connectivity index (χ1n) is 7.82. The number of amidine groups is 1. The largest absolute Gasteiger partial charge is 0.477 e. The molecule has 11 heteroatoms. The molecule has 2 heterocycles. The zero-order valence-electron chi connectivity index (χ0n) is 14.9. The number of azo groups is 1. The molecule has 0 N–H and O–H groups in total. The van der Waals surface area contributed by atoms with Crippen molar-refractivity contribution in [2.75, 3.05) is 20.8 Å². The summed E-state index contributed by atoms with van der Waals surface area (Å²) in [5.41, 5.74) is -1.23. The molecule has 0 radical (unpaired) electrons. The quantitative estimate of drug-likeness (QED) is 0.695. The first-order valence-corrected chi connectivity index (χ1v) is 8.58. The fourth-order valence-electron chi connectivity index (χ4n) is 2.64. The Morgan fingerprint density at radius 3 is 2.41 bits per heavy atom. The van der Waals surface area contributed by atoms with Crippen LogP contribution in [-0.2, 0) is 15.2 Å². The first-order chi connectivity index (χ1) is 12.9. The Balaban J connectivity index is 2.43. The lowest BCUT2D eigenvalue weighted by Crippen LogP contribution is -2.33. The molecule has 9 nitrogen and oxygen atoms in total. The van der Waals surface area contributed by atoms with Crippen LogP contribution in [0.4, 0.5) is 0 Å². The second-order valence-corrected chi connectivity index (χ2v) is 6.19. The third-order valence-corrected chi connectivity index (χ3v) is 4.54. The van der Waals surface area contributed by atoms with Crippen molar-refractivity contribution in [3.05, 3.63) is 21.7 Å². The molecule has 0 aliphatic carbocycles. The number of aromatic nitrogens is 2. The number of carbonyl (C=O) groups excluding carboxylic acids is 1. The van der Waals surface area contributed by atoms with Gasteiger partial charge in [0.1, 0.15) is 11.4 Å². The summed E-state index contributed by atoms with van der Waals surface area (Å²) in [6, 6.07) is 1.50. The van der Waals surface area contributed by atoms with E-state index >= 15 is 0 Å². The lowest BCUT2D eigenvalue weighted by Gasteiger charge is -2.23. The maximum absolute atomic E-state index is 12.8. The van der Waals surface area contributed by atoms with Crippen LogP contribution in [0.25, 0.3) is 11.0 Å². The van der Waals surface area contributed by atoms with Crippen LogP contribution in [0.3, 0.4) is 0 Å². The van der Waals surface area contributed by atoms with Crippen molar-refractivity contribution in [2.24, 2.45) is 15.2 Å². The summed E-state index contributed by atoms with van der Waals surface area (Å²) in [4.78, 5) is 25.8. The number of hydrogen-bond donors (Lipinski definition) is 0. The highest BCUT2D eigenvalue weighted by Gasteiger charge is 2.49. The highest BCUT2D eigenvalue weighted by molar-refractivity contribution is 6.43. The molecule has 27 heavy (non-hydrogen) atoms. The van der Waals surface area contributed by atoms with Gasteiger partial charge < -0.3 is 14.2 Å². The van der Waals surface area contributed by atoms with Gasteiger partial charge in [0.25, 0.3) is 17.4 Å². The molecule has 1 aromatic carbocycles. The minimum absolute atomic E-state index is 0.0381. The second kappa shape index (κ2) is 7.24. The van der Waals surface area contributed by atoms with E-state index in [0.717, 1.165) is 0 Å². The highest BCUT2D eigenvalue weighted by Crippen LogP contribution is 2.45. The maximum Gasteiger partial charge on any atom is 0.363 e. The van der Waals surface area contributed by atoms with Gasteiger partial charge in [-0.25, -0.2) is 19.8 Å². The molecule has 0 bridgehead atoms. The smallest absolute Gasteiger partial charge is 0.363 e. The Labute approximate surface area is 164 Å². The average molecular weight is 412 g/mol. The zero-order valence-corrected chi connectivity index (χ0v) is 16.4. The van der Waals surface area contributed by atoms with Gasteiger partial charge in [-0.2, -0.15) is 0 Å². The maximum atomic E-state index is 12.8. The number of fused-ring (bicyclic) bond motifs is 1. The molecule has 1 aliphatic heterocycles. The Bertz CT molecular complexity index is 995. The zero-order chi connectivity index (χ0) is 19.8. The number of halogens is 2. The molecule has 2 aromatic rings. The van der Waals surface area contributed by atoms with Crippen molar-refractivity contribution in [1.82, 2.24) is 9.97 Å². The predicted molar refractivity (Wildman–Crippen MR) is 98.9 cm³/mol. The lowest BCUT2D eigenvalue weighted by molar-refractivity contribution is -0.149. The number of esters is 1. The van der Waals surface area contributed by atoms with Crippen molar-refractivity contribution in [2.45, 2.75) is 19.5 Å². The van der Waals surface area contributed by atoms with Gasteiger partial charge in [0, 0.05) is 0 Å². The number of carbonyl (C=O) groups is 1. The number of rotatable bonds is 5. The van der Waals surface area contributed by atoms with Crippen LogP contribution in [0.1, 0.15) is 19.4 Å². The summed E-state index contributed by atoms with van der Waals surface area (Å²) >= 11 is 12.7. The number of aliphatic imine (C=N–C) groups is 1. The SMILES string of the molecule is CCOC(=O)C1(c2c(Cl)c(Cl)cc3nc(OC)c(OC)nc23)N=NC(C)=N1. The molecular formula is C16H15Cl2N5O4. The van der Waals surface area contributed by atoms with E-state index in [1.165, 1.54) is 20.3 Å². The van der Waals surface area contributed by atoms with Crippen LogP contribution in [0.15, 0.2) is 21.3 Å². The normalized spacial score (nSPS) is 18.5. The molecule has 1 aliphatic rings. The number of hydrogen-bond acceptors (Lipinski definition) is 9. The second-order valence-electron chi connectivity index (χ2n) is 5.41. The summed E-state index contributed by atoms with van der Waals surface area (Å²) in [6.07, 6.45) is 0. The molecule has 0 amide bonds. The van der Waals surface area contributed by atoms with Gasteiger partial charge in [0.15, 0.2) is 0 Å². The Hall–Kier alpha value is -2.52. The minimum atomic E-state index is -1.87. The highest BCUT2D eigenvalue weighted by atomic mass is 35.5. The number of nitrogens with zero attached hydrogens (tertiary/aromatic N) is 5. The minimum Gasteiger partial charge on any atom is -0.477 e. The Kier molecular flexibility index (Phi) is 5.16. The van der Waals surface area contributed by atoms with Crippen LogP contribution in [0.2, 0.25) is 10.0 Å². The van der Waals surface area contributed by atoms with Gasteiger partial charge in [0.05, 0.1) is 42.0 Å². The molecule has 3 rings (SSSR count). The summed E-state index contributed by atoms with van der Waals surface area (Å²) in [7, 11) is 2.84. The average Bonchev–Trinajstić information content (AvgIpc) is 3.04. The number of ether oxygens (including phenoxy) is 3. The molecular weight excluding hydrogens is 397 g/mol. The van der Waals surface area contributed by atoms with E-state index in [1.807, 2.05) is 0 Å². The standard InChI is InChI=1S/C16H15Cl2N5O4/c1-5-27-15(24)16(21-7(2)22-23-16)10-11(18)8(17)6-9-12(10)20-14(26-4)13(19-9)25-3/h6H,5H2,1-4H3. The third kappa shape index (κ3) is 3.06. The molecule has 0 saturated heterocycles. The van der Waals surface area contributed by atoms with Crippen molar-refractivity contribution < 1.29 is 19.0 Å². The number of benzene rings is 1. The fourth-order valence-corrected chi connectivity index (χ4v) is 3.12. The molecule has 0 saturated carbocycles. The van der Waals surface area contributed by atoms with E-state index in [4.69, 9.17) is 37.4 Å². The first kappa shape index (κ1) is 19.2. The van der Waals surface area contributed by atoms with E-state index in [0.29, 0.717) is 5.52 Å².